The van der Waals surface area contributed by atoms with E-state index in [0.29, 0.717) is 18.4 Å². The molecule has 4 N–H and O–H groups in total. The minimum atomic E-state index is -0.974. The van der Waals surface area contributed by atoms with Crippen molar-refractivity contribution in [2.75, 3.05) is 0 Å². The molecule has 0 spiro atoms. The number of amidine groups is 1. The van der Waals surface area contributed by atoms with Crippen LogP contribution in [-0.4, -0.2) is 17.0 Å². The first-order valence-electron chi connectivity index (χ1n) is 7.10. The number of carbonyl (C=O) groups is 1. The topological polar surface area (TPSA) is 87.7 Å². The van der Waals surface area contributed by atoms with Crippen LogP contribution >= 0.6 is 0 Å². The van der Waals surface area contributed by atoms with E-state index in [2.05, 4.69) is 10.5 Å². The van der Waals surface area contributed by atoms with Crippen LogP contribution in [0, 0.1) is 11.2 Å². The summed E-state index contributed by atoms with van der Waals surface area (Å²) in [5.74, 6) is -0.728. The zero-order valence-electron chi connectivity index (χ0n) is 11.8. The lowest BCUT2D eigenvalue weighted by atomic mass is 9.72. The van der Waals surface area contributed by atoms with Gasteiger partial charge in [-0.1, -0.05) is 42.6 Å². The van der Waals surface area contributed by atoms with E-state index < -0.39 is 5.41 Å². The van der Waals surface area contributed by atoms with Gasteiger partial charge in [-0.2, -0.15) is 0 Å². The molecule has 0 heterocycles. The minimum absolute atomic E-state index is 0.0618. The first-order valence-corrected chi connectivity index (χ1v) is 7.10. The quantitative estimate of drug-likeness (QED) is 0.344. The number of halogens is 1. The number of oxime groups is 1. The number of benzene rings is 1. The number of nitrogens with two attached hydrogens (primary N) is 1. The van der Waals surface area contributed by atoms with Crippen molar-refractivity contribution in [3.8, 4) is 0 Å². The van der Waals surface area contributed by atoms with Gasteiger partial charge in [0.2, 0.25) is 5.91 Å². The molecule has 0 aliphatic heterocycles. The summed E-state index contributed by atoms with van der Waals surface area (Å²) in [6.07, 6.45) is 3.83. The summed E-state index contributed by atoms with van der Waals surface area (Å²) in [4.78, 5) is 12.5. The molecular weight excluding hydrogens is 273 g/mol. The minimum Gasteiger partial charge on any atom is -0.409 e. The fourth-order valence-corrected chi connectivity index (χ4v) is 2.84. The van der Waals surface area contributed by atoms with Gasteiger partial charge < -0.3 is 16.3 Å². The Morgan fingerprint density at radius 3 is 2.62 bits per heavy atom. The van der Waals surface area contributed by atoms with Gasteiger partial charge in [-0.05, 0) is 18.9 Å². The van der Waals surface area contributed by atoms with E-state index in [9.17, 15) is 9.18 Å². The molecule has 0 saturated heterocycles. The maximum Gasteiger partial charge on any atom is 0.234 e. The number of carbonyl (C=O) groups excluding carboxylic acids is 1. The number of nitrogens with zero attached hydrogens (tertiary/aromatic N) is 1. The average molecular weight is 293 g/mol. The van der Waals surface area contributed by atoms with Gasteiger partial charge in [-0.25, -0.2) is 4.39 Å². The third kappa shape index (κ3) is 3.15. The lowest BCUT2D eigenvalue weighted by Gasteiger charge is -2.34. The Hall–Kier alpha value is -2.11. The van der Waals surface area contributed by atoms with Crippen molar-refractivity contribution in [1.82, 2.24) is 5.32 Å². The van der Waals surface area contributed by atoms with Crippen LogP contribution in [0.3, 0.4) is 0 Å². The molecule has 1 saturated carbocycles. The van der Waals surface area contributed by atoms with E-state index >= 15 is 0 Å². The van der Waals surface area contributed by atoms with Gasteiger partial charge in [0.1, 0.15) is 11.2 Å². The molecule has 1 aromatic carbocycles. The summed E-state index contributed by atoms with van der Waals surface area (Å²) in [6, 6.07) is 6.28. The van der Waals surface area contributed by atoms with E-state index in [1.165, 1.54) is 6.07 Å². The van der Waals surface area contributed by atoms with Gasteiger partial charge in [-0.3, -0.25) is 4.79 Å². The number of rotatable bonds is 4. The van der Waals surface area contributed by atoms with E-state index in [1.807, 2.05) is 0 Å². The summed E-state index contributed by atoms with van der Waals surface area (Å²) < 4.78 is 13.6. The van der Waals surface area contributed by atoms with Crippen molar-refractivity contribution in [3.05, 3.63) is 35.6 Å². The summed E-state index contributed by atoms with van der Waals surface area (Å²) in [6.45, 7) is 0.0893. The van der Waals surface area contributed by atoms with E-state index in [0.717, 1.165) is 19.3 Å². The lowest BCUT2D eigenvalue weighted by molar-refractivity contribution is -0.129. The molecule has 114 valence electrons. The average Bonchev–Trinajstić information content (AvgIpc) is 2.53. The lowest BCUT2D eigenvalue weighted by Crippen LogP contribution is -2.50. The molecule has 0 atom stereocenters. The standard InChI is InChI=1S/C15H20FN3O2/c16-12-7-3-2-6-11(12)10-18-14(20)15(13(17)19-21)8-4-1-5-9-15/h2-3,6-7,21H,1,4-5,8-10H2,(H2,17,19)(H,18,20). The molecule has 1 aromatic rings. The summed E-state index contributed by atoms with van der Waals surface area (Å²) in [5, 5.41) is 14.7. The van der Waals surface area contributed by atoms with Crippen molar-refractivity contribution in [2.24, 2.45) is 16.3 Å². The SMILES string of the molecule is NC(=NO)C1(C(=O)NCc2ccccc2F)CCCCC1. The maximum atomic E-state index is 13.6. The van der Waals surface area contributed by atoms with Crippen LogP contribution in [0.25, 0.3) is 0 Å². The van der Waals surface area contributed by atoms with Gasteiger partial charge in [0.05, 0.1) is 0 Å². The molecule has 1 aliphatic rings. The molecule has 0 bridgehead atoms. The molecule has 6 heteroatoms. The second-order valence-corrected chi connectivity index (χ2v) is 5.40. The van der Waals surface area contributed by atoms with Crippen LogP contribution in [0.2, 0.25) is 0 Å². The molecule has 0 radical (unpaired) electrons. The van der Waals surface area contributed by atoms with Crippen LogP contribution < -0.4 is 11.1 Å². The monoisotopic (exact) mass is 293 g/mol. The van der Waals surface area contributed by atoms with Crippen molar-refractivity contribution in [3.63, 3.8) is 0 Å². The highest BCUT2D eigenvalue weighted by molar-refractivity contribution is 6.06. The number of hydrogen-bond acceptors (Lipinski definition) is 3. The highest BCUT2D eigenvalue weighted by Crippen LogP contribution is 2.36. The molecule has 0 aromatic heterocycles. The maximum absolute atomic E-state index is 13.6. The van der Waals surface area contributed by atoms with Crippen LogP contribution in [0.5, 0.6) is 0 Å². The zero-order valence-corrected chi connectivity index (χ0v) is 11.8. The first-order chi connectivity index (χ1) is 10.1. The third-order valence-electron chi connectivity index (χ3n) is 4.14. The van der Waals surface area contributed by atoms with Gasteiger partial charge in [-0.15, -0.1) is 0 Å². The Balaban J connectivity index is 2.11. The first kappa shape index (κ1) is 15.3. The fraction of sp³-hybridized carbons (Fsp3) is 0.467. The third-order valence-corrected chi connectivity index (χ3v) is 4.14. The predicted octanol–water partition coefficient (Wildman–Crippen LogP) is 2.14. The number of nitrogens with one attached hydrogen (secondary N) is 1. The zero-order chi connectivity index (χ0) is 15.3. The van der Waals surface area contributed by atoms with Gasteiger partial charge in [0.25, 0.3) is 0 Å². The van der Waals surface area contributed by atoms with Crippen LogP contribution in [0.1, 0.15) is 37.7 Å². The smallest absolute Gasteiger partial charge is 0.234 e. The largest absolute Gasteiger partial charge is 0.409 e. The molecule has 0 unspecified atom stereocenters. The van der Waals surface area contributed by atoms with Gasteiger partial charge in [0, 0.05) is 12.1 Å². The molecule has 2 rings (SSSR count). The van der Waals surface area contributed by atoms with Crippen LogP contribution in [-0.2, 0) is 11.3 Å². The second-order valence-electron chi connectivity index (χ2n) is 5.40. The summed E-state index contributed by atoms with van der Waals surface area (Å²) in [7, 11) is 0. The van der Waals surface area contributed by atoms with E-state index in [-0.39, 0.29) is 24.1 Å². The summed E-state index contributed by atoms with van der Waals surface area (Å²) >= 11 is 0. The predicted molar refractivity (Wildman–Crippen MR) is 77.2 cm³/mol. The van der Waals surface area contributed by atoms with Gasteiger partial charge >= 0.3 is 0 Å². The van der Waals surface area contributed by atoms with E-state index in [1.54, 1.807) is 18.2 Å². The molecule has 1 aliphatic carbocycles. The number of hydrogen-bond donors (Lipinski definition) is 3. The molecule has 5 nitrogen and oxygen atoms in total. The molecule has 21 heavy (non-hydrogen) atoms. The molecule has 1 amide bonds. The summed E-state index contributed by atoms with van der Waals surface area (Å²) in [5.41, 5.74) is 5.19. The molecule has 1 fully saturated rings. The van der Waals surface area contributed by atoms with Crippen molar-refractivity contribution in [1.29, 1.82) is 0 Å². The van der Waals surface area contributed by atoms with Crippen LogP contribution in [0.15, 0.2) is 29.4 Å². The Labute approximate surface area is 123 Å². The Bertz CT molecular complexity index is 539. The Morgan fingerprint density at radius 1 is 1.33 bits per heavy atom. The fourth-order valence-electron chi connectivity index (χ4n) is 2.84. The highest BCUT2D eigenvalue weighted by Gasteiger charge is 2.43. The Morgan fingerprint density at radius 2 is 2.00 bits per heavy atom. The van der Waals surface area contributed by atoms with E-state index in [4.69, 9.17) is 10.9 Å². The van der Waals surface area contributed by atoms with Crippen LogP contribution in [0.4, 0.5) is 4.39 Å². The Kier molecular flexibility index (Phi) is 4.77. The normalized spacial score (nSPS) is 18.2. The van der Waals surface area contributed by atoms with Crippen molar-refractivity contribution in [2.45, 2.75) is 38.6 Å². The highest BCUT2D eigenvalue weighted by atomic mass is 19.1. The van der Waals surface area contributed by atoms with Gasteiger partial charge in [0.15, 0.2) is 5.84 Å². The van der Waals surface area contributed by atoms with Crippen molar-refractivity contribution < 1.29 is 14.4 Å². The molecular formula is C15H20FN3O2. The second kappa shape index (κ2) is 6.56. The number of amides is 1. The van der Waals surface area contributed by atoms with Crippen molar-refractivity contribution >= 4 is 11.7 Å².